The molecule has 5 aliphatic rings. The maximum Gasteiger partial charge on any atom is 0.326 e. The lowest BCUT2D eigenvalue weighted by molar-refractivity contribution is -0.152. The van der Waals surface area contributed by atoms with Crippen LogP contribution in [0.15, 0.2) is 66.7 Å². The molecule has 7 heteroatoms. The summed E-state index contributed by atoms with van der Waals surface area (Å²) >= 11 is 0. The van der Waals surface area contributed by atoms with E-state index >= 15 is 0 Å². The maximum absolute atomic E-state index is 13.0. The lowest BCUT2D eigenvalue weighted by atomic mass is 9.63. The van der Waals surface area contributed by atoms with Crippen molar-refractivity contribution in [2.45, 2.75) is 13.0 Å². The molecule has 7 rings (SSSR count). The van der Waals surface area contributed by atoms with Crippen molar-refractivity contribution < 1.29 is 28.7 Å². The molecule has 0 spiro atoms. The summed E-state index contributed by atoms with van der Waals surface area (Å²) in [7, 11) is 0. The number of amides is 2. The number of imide groups is 1. The van der Waals surface area contributed by atoms with E-state index in [1.807, 2.05) is 30.3 Å². The van der Waals surface area contributed by atoms with Gasteiger partial charge in [0.05, 0.1) is 11.8 Å². The summed E-state index contributed by atoms with van der Waals surface area (Å²) in [5.41, 5.74) is 1.42. The monoisotopic (exact) mass is 471 g/mol. The van der Waals surface area contributed by atoms with Crippen molar-refractivity contribution in [3.05, 3.63) is 77.9 Å². The number of esters is 1. The van der Waals surface area contributed by atoms with Crippen LogP contribution in [0.5, 0.6) is 5.75 Å². The number of ketones is 1. The highest BCUT2D eigenvalue weighted by molar-refractivity contribution is 6.08. The van der Waals surface area contributed by atoms with Crippen LogP contribution in [-0.2, 0) is 25.7 Å². The third-order valence-corrected chi connectivity index (χ3v) is 7.83. The van der Waals surface area contributed by atoms with Crippen molar-refractivity contribution in [3.63, 3.8) is 0 Å². The van der Waals surface area contributed by atoms with Crippen LogP contribution >= 0.6 is 0 Å². The zero-order valence-corrected chi connectivity index (χ0v) is 19.0. The molecule has 0 radical (unpaired) electrons. The Labute approximate surface area is 202 Å². The standard InChI is InChI=1S/C28H25NO6/c30-23(17-6-8-18(9-7-17)34-14-16-4-2-1-3-5-16)15-35-24(31)13-29-27(32)25-19-10-11-20(22-12-21(19)22)26(25)28(29)33/h1-11,19-22,25-26H,12-15H2/t19-,20+,21-,22-,25+,26-/m1/s1. The summed E-state index contributed by atoms with van der Waals surface area (Å²) in [6, 6.07) is 16.3. The topological polar surface area (TPSA) is 90.0 Å². The van der Waals surface area contributed by atoms with Crippen molar-refractivity contribution in [1.29, 1.82) is 0 Å². The largest absolute Gasteiger partial charge is 0.489 e. The molecule has 0 aromatic heterocycles. The van der Waals surface area contributed by atoms with Gasteiger partial charge in [-0.3, -0.25) is 24.1 Å². The summed E-state index contributed by atoms with van der Waals surface area (Å²) in [4.78, 5) is 51.8. The van der Waals surface area contributed by atoms with E-state index in [2.05, 4.69) is 12.2 Å². The Morgan fingerprint density at radius 2 is 1.49 bits per heavy atom. The molecule has 2 aromatic rings. The normalized spacial score (nSPS) is 29.5. The molecule has 35 heavy (non-hydrogen) atoms. The van der Waals surface area contributed by atoms with Crippen molar-refractivity contribution in [3.8, 4) is 5.75 Å². The average Bonchev–Trinajstić information content (AvgIpc) is 3.68. The van der Waals surface area contributed by atoms with Crippen LogP contribution in [0.25, 0.3) is 0 Å². The zero-order valence-electron chi connectivity index (χ0n) is 19.0. The van der Waals surface area contributed by atoms with E-state index < -0.39 is 19.1 Å². The predicted octanol–water partition coefficient (Wildman–Crippen LogP) is 3.04. The van der Waals surface area contributed by atoms with Gasteiger partial charge in [-0.25, -0.2) is 0 Å². The minimum Gasteiger partial charge on any atom is -0.489 e. The quantitative estimate of drug-likeness (QED) is 0.254. The molecule has 2 saturated carbocycles. The highest BCUT2D eigenvalue weighted by atomic mass is 16.5. The van der Waals surface area contributed by atoms with Crippen LogP contribution in [-0.4, -0.2) is 41.6 Å². The molecule has 0 unspecified atom stereocenters. The summed E-state index contributed by atoms with van der Waals surface area (Å²) in [6.45, 7) is -0.484. The molecular formula is C28H25NO6. The number of Topliss-reactive ketones (excluding diaryl/α,β-unsaturated/α-hetero) is 1. The first-order valence-electron chi connectivity index (χ1n) is 12.0. The highest BCUT2D eigenvalue weighted by Gasteiger charge is 2.67. The molecule has 0 N–H and O–H groups in total. The second-order valence-electron chi connectivity index (χ2n) is 9.80. The second kappa shape index (κ2) is 8.48. The minimum atomic E-state index is -0.757. The lowest BCUT2D eigenvalue weighted by Gasteiger charge is -2.37. The van der Waals surface area contributed by atoms with E-state index in [9.17, 15) is 19.2 Å². The van der Waals surface area contributed by atoms with Gasteiger partial charge in [0.25, 0.3) is 0 Å². The number of benzene rings is 2. The summed E-state index contributed by atoms with van der Waals surface area (Å²) in [6.07, 6.45) is 5.26. The number of ether oxygens (including phenoxy) is 2. The van der Waals surface area contributed by atoms with Crippen LogP contribution in [0.1, 0.15) is 22.3 Å². The van der Waals surface area contributed by atoms with Gasteiger partial charge < -0.3 is 9.47 Å². The van der Waals surface area contributed by atoms with E-state index in [0.717, 1.165) is 16.9 Å². The van der Waals surface area contributed by atoms with Gasteiger partial charge in [-0.05, 0) is 59.9 Å². The third kappa shape index (κ3) is 3.85. The average molecular weight is 472 g/mol. The third-order valence-electron chi connectivity index (χ3n) is 7.83. The first-order chi connectivity index (χ1) is 17.0. The number of hydrogen-bond donors (Lipinski definition) is 0. The Morgan fingerprint density at radius 3 is 2.11 bits per heavy atom. The van der Waals surface area contributed by atoms with Crippen LogP contribution in [0.3, 0.4) is 0 Å². The lowest BCUT2D eigenvalue weighted by Crippen LogP contribution is -2.40. The number of likely N-dealkylation sites (tertiary alicyclic amines) is 1. The predicted molar refractivity (Wildman–Crippen MR) is 124 cm³/mol. The highest BCUT2D eigenvalue weighted by Crippen LogP contribution is 2.65. The SMILES string of the molecule is O=C(CN1C(=O)[C@@H]2[C@H]3C=C[C@H]([C@H]4C[C@H]34)[C@@H]2C1=O)OCC(=O)c1ccc(OCc2ccccc2)cc1. The van der Waals surface area contributed by atoms with Crippen molar-refractivity contribution >= 4 is 23.6 Å². The zero-order chi connectivity index (χ0) is 24.1. The van der Waals surface area contributed by atoms with E-state index in [0.29, 0.717) is 29.8 Å². The fourth-order valence-electron chi connectivity index (χ4n) is 6.06. The molecule has 178 valence electrons. The van der Waals surface area contributed by atoms with Crippen molar-refractivity contribution in [2.75, 3.05) is 13.2 Å². The van der Waals surface area contributed by atoms with E-state index in [1.54, 1.807) is 24.3 Å². The van der Waals surface area contributed by atoms with Gasteiger partial charge in [0.1, 0.15) is 18.9 Å². The first-order valence-corrected chi connectivity index (χ1v) is 12.0. The van der Waals surface area contributed by atoms with Crippen LogP contribution < -0.4 is 4.74 Å². The molecule has 2 amide bonds. The molecule has 3 fully saturated rings. The van der Waals surface area contributed by atoms with Crippen LogP contribution in [0.4, 0.5) is 0 Å². The summed E-state index contributed by atoms with van der Waals surface area (Å²) in [5, 5.41) is 0. The molecule has 4 aliphatic carbocycles. The Hall–Kier alpha value is -3.74. The summed E-state index contributed by atoms with van der Waals surface area (Å²) < 4.78 is 10.8. The Bertz CT molecular complexity index is 1180. The molecule has 1 aliphatic heterocycles. The van der Waals surface area contributed by atoms with Gasteiger partial charge in [0, 0.05) is 5.56 Å². The number of hydrogen-bond acceptors (Lipinski definition) is 6. The second-order valence-corrected chi connectivity index (χ2v) is 9.80. The van der Waals surface area contributed by atoms with E-state index in [-0.39, 0.29) is 41.3 Å². The number of allylic oxidation sites excluding steroid dienone is 2. The number of carbonyl (C=O) groups excluding carboxylic acids is 4. The number of rotatable bonds is 8. The van der Waals surface area contributed by atoms with Gasteiger partial charge in [-0.15, -0.1) is 0 Å². The Morgan fingerprint density at radius 1 is 0.857 bits per heavy atom. The first kappa shape index (κ1) is 21.8. The molecule has 7 nitrogen and oxygen atoms in total. The number of nitrogens with zero attached hydrogens (tertiary/aromatic N) is 1. The van der Waals surface area contributed by atoms with Gasteiger partial charge in [-0.2, -0.15) is 0 Å². The Kier molecular flexibility index (Phi) is 5.28. The van der Waals surface area contributed by atoms with Crippen molar-refractivity contribution in [2.24, 2.45) is 35.5 Å². The van der Waals surface area contributed by atoms with Gasteiger partial charge in [0.15, 0.2) is 12.4 Å². The molecule has 1 saturated heterocycles. The summed E-state index contributed by atoms with van der Waals surface area (Å²) in [5.74, 6) is -0.548. The number of carbonyl (C=O) groups is 4. The Balaban J connectivity index is 1.01. The van der Waals surface area contributed by atoms with E-state index in [4.69, 9.17) is 9.47 Å². The van der Waals surface area contributed by atoms with Gasteiger partial charge in [-0.1, -0.05) is 42.5 Å². The maximum atomic E-state index is 13.0. The molecule has 2 bridgehead atoms. The van der Waals surface area contributed by atoms with E-state index in [1.165, 1.54) is 0 Å². The molecule has 6 atom stereocenters. The van der Waals surface area contributed by atoms with Crippen molar-refractivity contribution in [1.82, 2.24) is 4.90 Å². The molecule has 1 heterocycles. The fourth-order valence-corrected chi connectivity index (χ4v) is 6.06. The van der Waals surface area contributed by atoms with Crippen LogP contribution in [0.2, 0.25) is 0 Å². The molecule has 2 aromatic carbocycles. The smallest absolute Gasteiger partial charge is 0.326 e. The van der Waals surface area contributed by atoms with Gasteiger partial charge >= 0.3 is 5.97 Å². The minimum absolute atomic E-state index is 0.105. The molecular weight excluding hydrogens is 446 g/mol. The van der Waals surface area contributed by atoms with Crippen LogP contribution in [0, 0.1) is 35.5 Å². The van der Waals surface area contributed by atoms with Gasteiger partial charge in [0.2, 0.25) is 11.8 Å². The fraction of sp³-hybridized carbons (Fsp3) is 0.357.